The van der Waals surface area contributed by atoms with Gasteiger partial charge in [0.15, 0.2) is 0 Å². The number of anilines is 2. The Kier molecular flexibility index (Phi) is 4.55. The van der Waals surface area contributed by atoms with Crippen molar-refractivity contribution in [2.24, 2.45) is 0 Å². The molecule has 0 saturated heterocycles. The lowest BCUT2D eigenvalue weighted by Crippen LogP contribution is -2.39. The molecule has 2 aromatic rings. The Bertz CT molecular complexity index is 750. The van der Waals surface area contributed by atoms with Crippen molar-refractivity contribution in [3.63, 3.8) is 0 Å². The van der Waals surface area contributed by atoms with E-state index >= 15 is 0 Å². The zero-order valence-corrected chi connectivity index (χ0v) is 14.3. The summed E-state index contributed by atoms with van der Waals surface area (Å²) in [6.07, 6.45) is 1.94. The van der Waals surface area contributed by atoms with Crippen LogP contribution in [-0.4, -0.2) is 18.2 Å². The van der Waals surface area contributed by atoms with Crippen LogP contribution in [-0.2, 0) is 11.2 Å². The number of rotatable bonds is 1. The summed E-state index contributed by atoms with van der Waals surface area (Å²) < 4.78 is 0. The summed E-state index contributed by atoms with van der Waals surface area (Å²) in [6.45, 7) is 0.790. The summed E-state index contributed by atoms with van der Waals surface area (Å²) in [5, 5.41) is 0. The second-order valence-corrected chi connectivity index (χ2v) is 6.90. The molecule has 5 heteroatoms. The highest BCUT2D eigenvalue weighted by atomic mass is 35.5. The Labute approximate surface area is 146 Å². The lowest BCUT2D eigenvalue weighted by atomic mass is 9.95. The largest absolute Gasteiger partial charge is 0.398 e. The lowest BCUT2D eigenvalue weighted by Gasteiger charge is -2.32. The van der Waals surface area contributed by atoms with E-state index in [2.05, 4.69) is 12.1 Å². The average Bonchev–Trinajstić information content (AvgIpc) is 2.98. The van der Waals surface area contributed by atoms with E-state index in [9.17, 15) is 4.79 Å². The van der Waals surface area contributed by atoms with Gasteiger partial charge < -0.3 is 10.6 Å². The van der Waals surface area contributed by atoms with Gasteiger partial charge in [-0.05, 0) is 42.2 Å². The molecule has 2 heterocycles. The third kappa shape index (κ3) is 2.70. The first-order valence-corrected chi connectivity index (χ1v) is 8.65. The monoisotopic (exact) mass is 346 g/mol. The predicted molar refractivity (Wildman–Crippen MR) is 98.7 cm³/mol. The topological polar surface area (TPSA) is 46.3 Å². The first-order valence-electron chi connectivity index (χ1n) is 7.66. The summed E-state index contributed by atoms with van der Waals surface area (Å²) in [4.78, 5) is 16.3. The second kappa shape index (κ2) is 6.46. The molecule has 2 aliphatic rings. The van der Waals surface area contributed by atoms with Crippen molar-refractivity contribution in [2.45, 2.75) is 23.7 Å². The standard InChI is InChI=1S/C18H18N2OS.ClH/c19-15-7-3-8-16-13(15)6-4-10-20(16)18(21)14-11-22-17-9-2-1-5-12(14)17;/h1-3,5,7-9,14H,4,6,10-11,19H2;1H. The zero-order chi connectivity index (χ0) is 15.1. The van der Waals surface area contributed by atoms with Crippen LogP contribution in [0.15, 0.2) is 47.4 Å². The van der Waals surface area contributed by atoms with Crippen LogP contribution >= 0.6 is 24.2 Å². The number of benzene rings is 2. The molecular formula is C18H19ClN2OS. The van der Waals surface area contributed by atoms with Gasteiger partial charge in [0.2, 0.25) is 5.91 Å². The van der Waals surface area contributed by atoms with E-state index in [-0.39, 0.29) is 24.2 Å². The van der Waals surface area contributed by atoms with Gasteiger partial charge in [-0.1, -0.05) is 24.3 Å². The number of nitrogens with two attached hydrogens (primary N) is 1. The number of carbonyl (C=O) groups is 1. The SMILES string of the molecule is Cl.Nc1cccc2c1CCCN2C(=O)C1CSc2ccccc21. The fraction of sp³-hybridized carbons (Fsp3) is 0.278. The van der Waals surface area contributed by atoms with Gasteiger partial charge in [0.1, 0.15) is 0 Å². The average molecular weight is 347 g/mol. The number of carbonyl (C=O) groups excluding carboxylic acids is 1. The van der Waals surface area contributed by atoms with Crippen LogP contribution < -0.4 is 10.6 Å². The van der Waals surface area contributed by atoms with E-state index in [1.165, 1.54) is 10.5 Å². The van der Waals surface area contributed by atoms with Gasteiger partial charge in [-0.15, -0.1) is 24.2 Å². The molecule has 0 spiro atoms. The fourth-order valence-electron chi connectivity index (χ4n) is 3.44. The molecule has 4 rings (SSSR count). The van der Waals surface area contributed by atoms with E-state index < -0.39 is 0 Å². The third-order valence-corrected chi connectivity index (χ3v) is 5.73. The van der Waals surface area contributed by atoms with Crippen LogP contribution in [0.25, 0.3) is 0 Å². The van der Waals surface area contributed by atoms with Crippen LogP contribution in [0.2, 0.25) is 0 Å². The van der Waals surface area contributed by atoms with Crippen LogP contribution in [0.5, 0.6) is 0 Å². The summed E-state index contributed by atoms with van der Waals surface area (Å²) in [7, 11) is 0. The molecule has 1 unspecified atom stereocenters. The highest BCUT2D eigenvalue weighted by molar-refractivity contribution is 7.99. The van der Waals surface area contributed by atoms with E-state index in [0.29, 0.717) is 0 Å². The van der Waals surface area contributed by atoms with Crippen molar-refractivity contribution in [1.29, 1.82) is 0 Å². The smallest absolute Gasteiger partial charge is 0.235 e. The van der Waals surface area contributed by atoms with Crippen molar-refractivity contribution in [3.05, 3.63) is 53.6 Å². The summed E-state index contributed by atoms with van der Waals surface area (Å²) in [6, 6.07) is 14.1. The third-order valence-electron chi connectivity index (χ3n) is 4.55. The number of halogens is 1. The molecule has 120 valence electrons. The minimum atomic E-state index is -0.0337. The summed E-state index contributed by atoms with van der Waals surface area (Å²) in [5.41, 5.74) is 10.2. The minimum absolute atomic E-state index is 0. The van der Waals surface area contributed by atoms with Gasteiger partial charge in [0, 0.05) is 28.6 Å². The summed E-state index contributed by atoms with van der Waals surface area (Å²) >= 11 is 1.78. The highest BCUT2D eigenvalue weighted by Gasteiger charge is 2.34. The maximum absolute atomic E-state index is 13.1. The van der Waals surface area contributed by atoms with Crippen LogP contribution in [0.3, 0.4) is 0 Å². The van der Waals surface area contributed by atoms with Crippen LogP contribution in [0.4, 0.5) is 11.4 Å². The number of amides is 1. The van der Waals surface area contributed by atoms with E-state index in [4.69, 9.17) is 5.73 Å². The number of hydrogen-bond donors (Lipinski definition) is 1. The number of thioether (sulfide) groups is 1. The van der Waals surface area contributed by atoms with Crippen molar-refractivity contribution in [1.82, 2.24) is 0 Å². The molecule has 23 heavy (non-hydrogen) atoms. The minimum Gasteiger partial charge on any atom is -0.398 e. The highest BCUT2D eigenvalue weighted by Crippen LogP contribution is 2.42. The number of fused-ring (bicyclic) bond motifs is 2. The van der Waals surface area contributed by atoms with Gasteiger partial charge in [0.25, 0.3) is 0 Å². The number of nitrogens with zero attached hydrogens (tertiary/aromatic N) is 1. The first-order chi connectivity index (χ1) is 10.8. The van der Waals surface area contributed by atoms with Gasteiger partial charge >= 0.3 is 0 Å². The first kappa shape index (κ1) is 16.2. The van der Waals surface area contributed by atoms with Gasteiger partial charge in [-0.25, -0.2) is 0 Å². The lowest BCUT2D eigenvalue weighted by molar-refractivity contribution is -0.119. The Hall–Kier alpha value is -1.65. The molecule has 0 fully saturated rings. The molecule has 0 saturated carbocycles. The number of nitrogen functional groups attached to an aromatic ring is 1. The van der Waals surface area contributed by atoms with E-state index in [1.54, 1.807) is 11.8 Å². The van der Waals surface area contributed by atoms with E-state index in [0.717, 1.165) is 42.1 Å². The molecule has 1 amide bonds. The molecule has 0 radical (unpaired) electrons. The van der Waals surface area contributed by atoms with Gasteiger partial charge in [-0.3, -0.25) is 4.79 Å². The quantitative estimate of drug-likeness (QED) is 0.797. The molecule has 1 atom stereocenters. The van der Waals surface area contributed by atoms with Crippen molar-refractivity contribution >= 4 is 41.5 Å². The fourth-order valence-corrected chi connectivity index (χ4v) is 4.66. The Balaban J connectivity index is 0.00000156. The van der Waals surface area contributed by atoms with Crippen LogP contribution in [0, 0.1) is 0 Å². The molecular weight excluding hydrogens is 328 g/mol. The molecule has 0 bridgehead atoms. The predicted octanol–water partition coefficient (Wildman–Crippen LogP) is 3.86. The molecule has 3 nitrogen and oxygen atoms in total. The van der Waals surface area contributed by atoms with Crippen LogP contribution in [0.1, 0.15) is 23.5 Å². The zero-order valence-electron chi connectivity index (χ0n) is 12.7. The Morgan fingerprint density at radius 2 is 2.00 bits per heavy atom. The molecule has 0 aromatic heterocycles. The van der Waals surface area contributed by atoms with Gasteiger partial charge in [0.05, 0.1) is 5.92 Å². The molecule has 2 aliphatic heterocycles. The van der Waals surface area contributed by atoms with Crippen molar-refractivity contribution in [3.8, 4) is 0 Å². The van der Waals surface area contributed by atoms with Crippen molar-refractivity contribution in [2.75, 3.05) is 22.9 Å². The Morgan fingerprint density at radius 3 is 2.87 bits per heavy atom. The van der Waals surface area contributed by atoms with Crippen molar-refractivity contribution < 1.29 is 4.79 Å². The maximum atomic E-state index is 13.1. The maximum Gasteiger partial charge on any atom is 0.235 e. The normalized spacial score (nSPS) is 18.8. The molecule has 2 aromatic carbocycles. The summed E-state index contributed by atoms with van der Waals surface area (Å²) in [5.74, 6) is 1.02. The number of hydrogen-bond acceptors (Lipinski definition) is 3. The molecule has 2 N–H and O–H groups in total. The van der Waals surface area contributed by atoms with Gasteiger partial charge in [-0.2, -0.15) is 0 Å². The second-order valence-electron chi connectivity index (χ2n) is 5.84. The Morgan fingerprint density at radius 1 is 1.17 bits per heavy atom. The molecule has 0 aliphatic carbocycles. The van der Waals surface area contributed by atoms with E-state index in [1.807, 2.05) is 35.2 Å².